The van der Waals surface area contributed by atoms with Crippen LogP contribution in [-0.2, 0) is 5.75 Å². The number of hydrogen-bond acceptors (Lipinski definition) is 5. The average molecular weight is 359 g/mol. The Hall–Kier alpha value is -2.92. The molecule has 4 nitrogen and oxygen atoms in total. The van der Waals surface area contributed by atoms with Crippen LogP contribution >= 0.6 is 11.8 Å². The lowest BCUT2D eigenvalue weighted by atomic mass is 10.1. The quantitative estimate of drug-likeness (QED) is 0.447. The zero-order valence-corrected chi connectivity index (χ0v) is 15.1. The van der Waals surface area contributed by atoms with Crippen molar-refractivity contribution in [3.05, 3.63) is 84.1 Å². The van der Waals surface area contributed by atoms with Gasteiger partial charge in [-0.15, -0.1) is 10.2 Å². The highest BCUT2D eigenvalue weighted by atomic mass is 32.2. The minimum absolute atomic E-state index is 0.505. The first-order valence-electron chi connectivity index (χ1n) is 8.33. The monoisotopic (exact) mass is 359 g/mol. The third kappa shape index (κ3) is 3.68. The third-order valence-corrected chi connectivity index (χ3v) is 4.89. The molecule has 0 fully saturated rings. The van der Waals surface area contributed by atoms with Gasteiger partial charge in [0.25, 0.3) is 11.1 Å². The Balaban J connectivity index is 1.52. The van der Waals surface area contributed by atoms with Gasteiger partial charge in [-0.25, -0.2) is 0 Å². The Morgan fingerprint density at radius 1 is 0.846 bits per heavy atom. The van der Waals surface area contributed by atoms with Gasteiger partial charge in [0.05, 0.1) is 17.0 Å². The number of pyridine rings is 1. The standard InChI is InChI=1S/C21H17N3OS/c1-15-18(12-13-19(22-15)17-10-6-3-7-11-17)20-23-24-21(25-20)26-14-16-8-4-2-5-9-16/h2-13H,14H2,1H3. The number of rotatable bonds is 5. The van der Waals surface area contributed by atoms with Crippen LogP contribution in [-0.4, -0.2) is 15.2 Å². The Kier molecular flexibility index (Phi) is 4.80. The fourth-order valence-electron chi connectivity index (χ4n) is 2.65. The van der Waals surface area contributed by atoms with Gasteiger partial charge in [0.15, 0.2) is 0 Å². The van der Waals surface area contributed by atoms with Crippen molar-refractivity contribution >= 4 is 11.8 Å². The summed E-state index contributed by atoms with van der Waals surface area (Å²) in [6.07, 6.45) is 0. The maximum Gasteiger partial charge on any atom is 0.277 e. The number of nitrogens with zero attached hydrogens (tertiary/aromatic N) is 3. The summed E-state index contributed by atoms with van der Waals surface area (Å²) >= 11 is 1.53. The van der Waals surface area contributed by atoms with Crippen LogP contribution in [0.3, 0.4) is 0 Å². The van der Waals surface area contributed by atoms with Crippen molar-refractivity contribution in [3.8, 4) is 22.7 Å². The SMILES string of the molecule is Cc1nc(-c2ccccc2)ccc1-c1nnc(SCc2ccccc2)o1. The van der Waals surface area contributed by atoms with Gasteiger partial charge in [-0.05, 0) is 24.6 Å². The molecule has 4 aromatic rings. The van der Waals surface area contributed by atoms with E-state index in [-0.39, 0.29) is 0 Å². The van der Waals surface area contributed by atoms with E-state index in [1.54, 1.807) is 0 Å². The van der Waals surface area contributed by atoms with E-state index in [2.05, 4.69) is 27.3 Å². The molecule has 2 heterocycles. The molecule has 5 heteroatoms. The topological polar surface area (TPSA) is 51.8 Å². The molecule has 0 saturated heterocycles. The van der Waals surface area contributed by atoms with Crippen LogP contribution in [0.25, 0.3) is 22.7 Å². The van der Waals surface area contributed by atoms with E-state index in [1.165, 1.54) is 17.3 Å². The van der Waals surface area contributed by atoms with Gasteiger partial charge in [-0.3, -0.25) is 4.98 Å². The maximum absolute atomic E-state index is 5.82. The smallest absolute Gasteiger partial charge is 0.277 e. The molecule has 0 aliphatic heterocycles. The highest BCUT2D eigenvalue weighted by Gasteiger charge is 2.13. The summed E-state index contributed by atoms with van der Waals surface area (Å²) in [5.74, 6) is 1.30. The molecule has 4 rings (SSSR count). The van der Waals surface area contributed by atoms with Crippen molar-refractivity contribution in [2.24, 2.45) is 0 Å². The van der Waals surface area contributed by atoms with Gasteiger partial charge in [0.1, 0.15) is 0 Å². The summed E-state index contributed by atoms with van der Waals surface area (Å²) in [5.41, 5.74) is 4.98. The van der Waals surface area contributed by atoms with Crippen LogP contribution in [0.5, 0.6) is 0 Å². The van der Waals surface area contributed by atoms with Crippen LogP contribution in [0.15, 0.2) is 82.4 Å². The van der Waals surface area contributed by atoms with E-state index in [0.29, 0.717) is 11.1 Å². The van der Waals surface area contributed by atoms with Crippen molar-refractivity contribution in [1.29, 1.82) is 0 Å². The van der Waals surface area contributed by atoms with Crippen LogP contribution < -0.4 is 0 Å². The average Bonchev–Trinajstić information content (AvgIpc) is 3.16. The number of thioether (sulfide) groups is 1. The Labute approximate surface area is 156 Å². The van der Waals surface area contributed by atoms with E-state index >= 15 is 0 Å². The zero-order valence-electron chi connectivity index (χ0n) is 14.3. The summed E-state index contributed by atoms with van der Waals surface area (Å²) < 4.78 is 5.82. The molecule has 0 aliphatic rings. The van der Waals surface area contributed by atoms with Crippen LogP contribution in [0, 0.1) is 6.92 Å². The minimum Gasteiger partial charge on any atom is -0.411 e. The van der Waals surface area contributed by atoms with E-state index in [0.717, 1.165) is 28.3 Å². The number of hydrogen-bond donors (Lipinski definition) is 0. The molecule has 2 aromatic carbocycles. The van der Waals surface area contributed by atoms with Crippen molar-refractivity contribution in [2.75, 3.05) is 0 Å². The second-order valence-electron chi connectivity index (χ2n) is 5.84. The zero-order chi connectivity index (χ0) is 17.8. The molecule has 128 valence electrons. The summed E-state index contributed by atoms with van der Waals surface area (Å²) in [7, 11) is 0. The van der Waals surface area contributed by atoms with E-state index in [4.69, 9.17) is 4.42 Å². The van der Waals surface area contributed by atoms with Crippen LogP contribution in [0.1, 0.15) is 11.3 Å². The van der Waals surface area contributed by atoms with Gasteiger partial charge in [-0.1, -0.05) is 72.4 Å². The molecule has 26 heavy (non-hydrogen) atoms. The molecule has 0 radical (unpaired) electrons. The molecular weight excluding hydrogens is 342 g/mol. The highest BCUT2D eigenvalue weighted by molar-refractivity contribution is 7.98. The van der Waals surface area contributed by atoms with Gasteiger partial charge in [-0.2, -0.15) is 0 Å². The van der Waals surface area contributed by atoms with Crippen molar-refractivity contribution < 1.29 is 4.42 Å². The number of aryl methyl sites for hydroxylation is 1. The third-order valence-electron chi connectivity index (χ3n) is 4.00. The normalized spacial score (nSPS) is 10.8. The number of benzene rings is 2. The molecule has 0 bridgehead atoms. The second-order valence-corrected chi connectivity index (χ2v) is 6.77. The fraction of sp³-hybridized carbons (Fsp3) is 0.0952. The predicted octanol–water partition coefficient (Wildman–Crippen LogP) is 5.40. The van der Waals surface area contributed by atoms with Crippen LogP contribution in [0.2, 0.25) is 0 Å². The van der Waals surface area contributed by atoms with Gasteiger partial charge < -0.3 is 4.42 Å². The van der Waals surface area contributed by atoms with Crippen molar-refractivity contribution in [1.82, 2.24) is 15.2 Å². The molecule has 0 aliphatic carbocycles. The first kappa shape index (κ1) is 16.5. The lowest BCUT2D eigenvalue weighted by Gasteiger charge is -2.05. The fourth-order valence-corrected chi connectivity index (χ4v) is 3.37. The second kappa shape index (κ2) is 7.54. The van der Waals surface area contributed by atoms with E-state index in [9.17, 15) is 0 Å². The Morgan fingerprint density at radius 3 is 2.31 bits per heavy atom. The molecule has 0 N–H and O–H groups in total. The summed E-state index contributed by atoms with van der Waals surface area (Å²) in [4.78, 5) is 4.69. The Morgan fingerprint density at radius 2 is 1.58 bits per heavy atom. The minimum atomic E-state index is 0.505. The number of aromatic nitrogens is 3. The molecule has 0 amide bonds. The largest absolute Gasteiger partial charge is 0.411 e. The van der Waals surface area contributed by atoms with Gasteiger partial charge >= 0.3 is 0 Å². The maximum atomic E-state index is 5.82. The molecular formula is C21H17N3OS. The first-order valence-corrected chi connectivity index (χ1v) is 9.32. The van der Waals surface area contributed by atoms with Crippen molar-refractivity contribution in [3.63, 3.8) is 0 Å². The molecule has 0 atom stereocenters. The lowest BCUT2D eigenvalue weighted by Crippen LogP contribution is -1.91. The molecule has 0 spiro atoms. The van der Waals surface area contributed by atoms with Gasteiger partial charge in [0.2, 0.25) is 0 Å². The molecule has 0 saturated carbocycles. The van der Waals surface area contributed by atoms with Gasteiger partial charge in [0, 0.05) is 11.3 Å². The first-order chi connectivity index (χ1) is 12.8. The summed E-state index contributed by atoms with van der Waals surface area (Å²) in [5, 5.41) is 8.90. The Bertz CT molecular complexity index is 1000. The van der Waals surface area contributed by atoms with E-state index in [1.807, 2.05) is 67.6 Å². The lowest BCUT2D eigenvalue weighted by molar-refractivity contribution is 0.465. The van der Waals surface area contributed by atoms with E-state index < -0.39 is 0 Å². The molecule has 2 aromatic heterocycles. The summed E-state index contributed by atoms with van der Waals surface area (Å²) in [6, 6.07) is 24.3. The summed E-state index contributed by atoms with van der Waals surface area (Å²) in [6.45, 7) is 1.96. The van der Waals surface area contributed by atoms with Crippen LogP contribution in [0.4, 0.5) is 0 Å². The highest BCUT2D eigenvalue weighted by Crippen LogP contribution is 2.28. The molecule has 0 unspecified atom stereocenters. The van der Waals surface area contributed by atoms with Crippen molar-refractivity contribution in [2.45, 2.75) is 17.9 Å². The predicted molar refractivity (Wildman–Crippen MR) is 104 cm³/mol.